The second kappa shape index (κ2) is 24.7. The summed E-state index contributed by atoms with van der Waals surface area (Å²) in [4.78, 5) is 14.8. The highest BCUT2D eigenvalue weighted by molar-refractivity contribution is 5.87. The fourth-order valence-electron chi connectivity index (χ4n) is 17.0. The molecule has 28 nitrogen and oxygen atoms in total. The van der Waals surface area contributed by atoms with Gasteiger partial charge >= 0.3 is 0 Å². The Labute approximate surface area is 485 Å². The molecule has 11 fully saturated rings. The Kier molecular flexibility index (Phi) is 18.8. The van der Waals surface area contributed by atoms with E-state index in [0.29, 0.717) is 25.4 Å². The second-order valence-electron chi connectivity index (χ2n) is 26.7. The van der Waals surface area contributed by atoms with E-state index in [0.717, 1.165) is 32.1 Å². The number of carbonyl (C=O) groups is 1. The number of carbonyl (C=O) groups excluding carboxylic acids is 1. The molecule has 1 spiro atoms. The molecule has 15 N–H and O–H groups in total. The third kappa shape index (κ3) is 10.9. The summed E-state index contributed by atoms with van der Waals surface area (Å²) < 4.78 is 72.7. The topological polar surface area (TPSA) is 431 Å². The first kappa shape index (κ1) is 64.1. The molecule has 7 aliphatic heterocycles. The first-order valence-corrected chi connectivity index (χ1v) is 30.2. The molecule has 0 aromatic rings. The van der Waals surface area contributed by atoms with E-state index in [4.69, 9.17) is 56.8 Å². The van der Waals surface area contributed by atoms with E-state index in [1.807, 2.05) is 0 Å². The third-order valence-electron chi connectivity index (χ3n) is 22.0. The minimum atomic E-state index is -2.09. The van der Waals surface area contributed by atoms with Gasteiger partial charge in [0, 0.05) is 30.1 Å². The van der Waals surface area contributed by atoms with Gasteiger partial charge < -0.3 is 133 Å². The zero-order chi connectivity index (χ0) is 60.4. The van der Waals surface area contributed by atoms with Crippen LogP contribution in [0.2, 0.25) is 0 Å². The van der Waals surface area contributed by atoms with Crippen LogP contribution in [0.25, 0.3) is 0 Å². The van der Waals surface area contributed by atoms with Gasteiger partial charge in [-0.3, -0.25) is 4.79 Å². The van der Waals surface area contributed by atoms with E-state index in [1.54, 1.807) is 0 Å². The van der Waals surface area contributed by atoms with Crippen LogP contribution < -0.4 is 0 Å². The van der Waals surface area contributed by atoms with Gasteiger partial charge in [-0.2, -0.15) is 0 Å². The van der Waals surface area contributed by atoms with Crippen molar-refractivity contribution in [3.05, 3.63) is 0 Å². The maximum absolute atomic E-state index is 14.8. The molecule has 0 bridgehead atoms. The molecule has 84 heavy (non-hydrogen) atoms. The average molecular weight is 1210 g/mol. The van der Waals surface area contributed by atoms with E-state index in [2.05, 4.69) is 27.7 Å². The maximum atomic E-state index is 14.8. The van der Waals surface area contributed by atoms with Gasteiger partial charge in [0.05, 0.1) is 57.5 Å². The summed E-state index contributed by atoms with van der Waals surface area (Å²) in [5.74, 6) is 0.417. The normalized spacial score (nSPS) is 57.7. The van der Waals surface area contributed by atoms with Crippen molar-refractivity contribution in [1.82, 2.24) is 0 Å². The van der Waals surface area contributed by atoms with Crippen molar-refractivity contribution in [2.75, 3.05) is 33.0 Å². The molecule has 37 atom stereocenters. The van der Waals surface area contributed by atoms with Crippen molar-refractivity contribution in [1.29, 1.82) is 0 Å². The minimum Gasteiger partial charge on any atom is -0.394 e. The Morgan fingerprint density at radius 3 is 1.80 bits per heavy atom. The van der Waals surface area contributed by atoms with Gasteiger partial charge in [-0.15, -0.1) is 0 Å². The second-order valence-corrected chi connectivity index (χ2v) is 26.7. The lowest BCUT2D eigenvalue weighted by Gasteiger charge is -2.61. The molecule has 4 saturated carbocycles. The molecule has 37 unspecified atom stereocenters. The number of hydrogen-bond acceptors (Lipinski definition) is 28. The smallest absolute Gasteiger partial charge is 0.187 e. The summed E-state index contributed by atoms with van der Waals surface area (Å²) in [7, 11) is 0. The molecule has 7 saturated heterocycles. The van der Waals surface area contributed by atoms with E-state index >= 15 is 0 Å². The molecule has 11 rings (SSSR count). The number of rotatable bonds is 13. The quantitative estimate of drug-likeness (QED) is 0.0766. The van der Waals surface area contributed by atoms with E-state index in [9.17, 15) is 81.4 Å². The number of hydrogen-bond donors (Lipinski definition) is 15. The van der Waals surface area contributed by atoms with Crippen molar-refractivity contribution >= 4 is 5.78 Å². The highest BCUT2D eigenvalue weighted by atomic mass is 16.8. The van der Waals surface area contributed by atoms with Gasteiger partial charge in [0.2, 0.25) is 0 Å². The molecule has 0 aromatic carbocycles. The predicted octanol–water partition coefficient (Wildman–Crippen LogP) is -5.27. The van der Waals surface area contributed by atoms with Crippen LogP contribution in [0.1, 0.15) is 86.0 Å². The lowest BCUT2D eigenvalue weighted by atomic mass is 9.43. The number of fused-ring (bicyclic) bond motifs is 7. The standard InChI is InChI=1S/C56H90O28/c1-19-8-9-56(74-17-19)20(2)34-28(84-56)11-25-23-7-6-22-10-27(26(60)13-54(22,4)24(23)12-33(61)55(25,34)5)76-51-45(72)41(68)46(31(16-59)79-51)81-53-48(83-52-44(71)40(67)36(63)29(14-57)77-52)47(38(65)30(15-58)78-53)82-49-42(69)37(64)32(18-73-49)80-50-43(70)39(66)35(62)21(3)75-50/h19-32,34-53,57-60,62-72H,6-18H2,1-5H3. The Bertz CT molecular complexity index is 2250. The summed E-state index contributed by atoms with van der Waals surface area (Å²) in [5.41, 5.74) is -1.03. The first-order valence-electron chi connectivity index (χ1n) is 30.2. The van der Waals surface area contributed by atoms with Crippen molar-refractivity contribution in [2.45, 2.75) is 258 Å². The molecule has 0 aromatic heterocycles. The van der Waals surface area contributed by atoms with E-state index in [1.165, 1.54) is 6.92 Å². The average Bonchev–Trinajstić information content (AvgIpc) is 1.52. The van der Waals surface area contributed by atoms with Crippen molar-refractivity contribution in [2.24, 2.45) is 52.3 Å². The molecule has 28 heteroatoms. The van der Waals surface area contributed by atoms with Gasteiger partial charge in [-0.05, 0) is 80.5 Å². The number of aliphatic hydroxyl groups excluding tert-OH is 15. The third-order valence-corrected chi connectivity index (χ3v) is 22.0. The van der Waals surface area contributed by atoms with E-state index in [-0.39, 0.29) is 53.8 Å². The van der Waals surface area contributed by atoms with Gasteiger partial charge in [0.15, 0.2) is 37.2 Å². The highest BCUT2D eigenvalue weighted by Gasteiger charge is 2.72. The zero-order valence-corrected chi connectivity index (χ0v) is 47.8. The Morgan fingerprint density at radius 1 is 0.536 bits per heavy atom. The highest BCUT2D eigenvalue weighted by Crippen LogP contribution is 2.70. The van der Waals surface area contributed by atoms with Crippen LogP contribution in [0, 0.1) is 52.3 Å². The van der Waals surface area contributed by atoms with Gasteiger partial charge in [-0.25, -0.2) is 0 Å². The van der Waals surface area contributed by atoms with Crippen molar-refractivity contribution < 1.29 is 138 Å². The Balaban J connectivity index is 0.776. The molecule has 7 heterocycles. The Hall–Kier alpha value is -1.41. The molecule has 11 aliphatic rings. The SMILES string of the molecule is CC1CCC2(OC1)OC1CC3C4CCC5CC(OC6OC(CO)C(OC7OC(CO)C(O)C(OC8OCC(OC9OC(C)C(O)C(O)C9O)C(O)C8O)C7OC7OC(CO)C(O)C(O)C7O)C(O)C6O)C(O)CC5(C)C4CC(=O)C3(C)C1C2C. The lowest BCUT2D eigenvalue weighted by molar-refractivity contribution is -0.406. The van der Waals surface area contributed by atoms with Crippen molar-refractivity contribution in [3.63, 3.8) is 0 Å². The predicted molar refractivity (Wildman–Crippen MR) is 275 cm³/mol. The van der Waals surface area contributed by atoms with Gasteiger partial charge in [0.25, 0.3) is 0 Å². The summed E-state index contributed by atoms with van der Waals surface area (Å²) in [5, 5.41) is 165. The van der Waals surface area contributed by atoms with Crippen LogP contribution in [0.3, 0.4) is 0 Å². The van der Waals surface area contributed by atoms with Crippen LogP contribution in [0.15, 0.2) is 0 Å². The number of ketones is 1. The number of ether oxygens (including phenoxy) is 12. The lowest BCUT2D eigenvalue weighted by Crippen LogP contribution is -2.68. The van der Waals surface area contributed by atoms with Crippen LogP contribution >= 0.6 is 0 Å². The summed E-state index contributed by atoms with van der Waals surface area (Å²) >= 11 is 0. The molecule has 0 amide bonds. The summed E-state index contributed by atoms with van der Waals surface area (Å²) in [6, 6.07) is 0. The zero-order valence-electron chi connectivity index (χ0n) is 47.8. The molecular weight excluding hydrogens is 1120 g/mol. The minimum absolute atomic E-state index is 0.0104. The van der Waals surface area contributed by atoms with Gasteiger partial charge in [0.1, 0.15) is 116 Å². The molecular formula is C56H90O28. The fourth-order valence-corrected chi connectivity index (χ4v) is 17.0. The maximum Gasteiger partial charge on any atom is 0.187 e. The largest absolute Gasteiger partial charge is 0.394 e. The van der Waals surface area contributed by atoms with E-state index < -0.39 is 203 Å². The monoisotopic (exact) mass is 1210 g/mol. The van der Waals surface area contributed by atoms with Crippen LogP contribution in [-0.4, -0.2) is 287 Å². The summed E-state index contributed by atoms with van der Waals surface area (Å²) in [6.07, 6.45) is -40.0. The number of aliphatic hydroxyl groups is 15. The van der Waals surface area contributed by atoms with Crippen LogP contribution in [0.4, 0.5) is 0 Å². The summed E-state index contributed by atoms with van der Waals surface area (Å²) in [6.45, 7) is 7.33. The van der Waals surface area contributed by atoms with Crippen LogP contribution in [0.5, 0.6) is 0 Å². The van der Waals surface area contributed by atoms with Crippen molar-refractivity contribution in [3.8, 4) is 0 Å². The molecule has 0 radical (unpaired) electrons. The fraction of sp³-hybridized carbons (Fsp3) is 0.982. The number of Topliss-reactive ketones (excluding diaryl/α,β-unsaturated/α-hetero) is 1. The molecule has 4 aliphatic carbocycles. The Morgan fingerprint density at radius 2 is 1.12 bits per heavy atom. The first-order chi connectivity index (χ1) is 39.8. The van der Waals surface area contributed by atoms with Crippen LogP contribution in [-0.2, 0) is 61.6 Å². The van der Waals surface area contributed by atoms with Gasteiger partial charge in [-0.1, -0.05) is 27.7 Å². The molecule has 482 valence electrons.